The van der Waals surface area contributed by atoms with Crippen LogP contribution in [-0.2, 0) is 11.3 Å². The summed E-state index contributed by atoms with van der Waals surface area (Å²) in [5, 5.41) is 15.4. The Morgan fingerprint density at radius 2 is 1.85 bits per heavy atom. The van der Waals surface area contributed by atoms with E-state index in [1.807, 2.05) is 18.2 Å². The molecular formula is C17H23NO2. The summed E-state index contributed by atoms with van der Waals surface area (Å²) in [5.41, 5.74) is 1.16. The highest BCUT2D eigenvalue weighted by atomic mass is 16.5. The van der Waals surface area contributed by atoms with Gasteiger partial charge in [-0.15, -0.1) is 0 Å². The third kappa shape index (κ3) is 4.30. The Bertz CT molecular complexity index is 534. The smallest absolute Gasteiger partial charge is 0.0897 e. The van der Waals surface area contributed by atoms with E-state index in [0.29, 0.717) is 25.8 Å². The Balaban J connectivity index is 1.87. The van der Waals surface area contributed by atoms with Gasteiger partial charge in [0.05, 0.1) is 19.3 Å². The largest absolute Gasteiger partial charge is 0.389 e. The lowest BCUT2D eigenvalue weighted by Gasteiger charge is -2.14. The molecule has 2 rings (SSSR count). The first-order valence-corrected chi connectivity index (χ1v) is 7.12. The summed E-state index contributed by atoms with van der Waals surface area (Å²) in [4.78, 5) is 0. The van der Waals surface area contributed by atoms with Crippen molar-refractivity contribution in [3.8, 4) is 0 Å². The second kappa shape index (κ2) is 7.39. The van der Waals surface area contributed by atoms with Gasteiger partial charge in [-0.2, -0.15) is 0 Å². The summed E-state index contributed by atoms with van der Waals surface area (Å²) < 4.78 is 5.63. The molecule has 3 nitrogen and oxygen atoms in total. The van der Waals surface area contributed by atoms with Crippen LogP contribution in [0.15, 0.2) is 42.5 Å². The van der Waals surface area contributed by atoms with Gasteiger partial charge in [-0.25, -0.2) is 0 Å². The number of nitrogens with one attached hydrogen (secondary N) is 1. The van der Waals surface area contributed by atoms with Crippen LogP contribution < -0.4 is 5.32 Å². The fourth-order valence-corrected chi connectivity index (χ4v) is 2.15. The zero-order valence-electron chi connectivity index (χ0n) is 12.2. The van der Waals surface area contributed by atoms with Crippen LogP contribution in [0.5, 0.6) is 0 Å². The minimum Gasteiger partial charge on any atom is -0.389 e. The molecule has 0 spiro atoms. The molecule has 0 aliphatic rings. The maximum atomic E-state index is 9.80. The van der Waals surface area contributed by atoms with Crippen molar-refractivity contribution in [2.24, 2.45) is 0 Å². The Morgan fingerprint density at radius 3 is 2.65 bits per heavy atom. The lowest BCUT2D eigenvalue weighted by Crippen LogP contribution is -2.34. The first-order valence-electron chi connectivity index (χ1n) is 7.12. The van der Waals surface area contributed by atoms with Gasteiger partial charge < -0.3 is 15.2 Å². The van der Waals surface area contributed by atoms with Gasteiger partial charge >= 0.3 is 0 Å². The molecule has 0 saturated carbocycles. The molecule has 0 fully saturated rings. The van der Waals surface area contributed by atoms with E-state index in [1.54, 1.807) is 0 Å². The number of aliphatic hydroxyl groups excluding tert-OH is 1. The van der Waals surface area contributed by atoms with Crippen LogP contribution in [0, 0.1) is 0 Å². The Hall–Kier alpha value is -1.42. The topological polar surface area (TPSA) is 41.5 Å². The molecule has 0 aliphatic carbocycles. The monoisotopic (exact) mass is 273 g/mol. The molecule has 108 valence electrons. The van der Waals surface area contributed by atoms with Gasteiger partial charge in [0.15, 0.2) is 0 Å². The van der Waals surface area contributed by atoms with Crippen molar-refractivity contribution in [2.45, 2.75) is 32.6 Å². The number of ether oxygens (including phenoxy) is 1. The number of rotatable bonds is 7. The van der Waals surface area contributed by atoms with Gasteiger partial charge in [-0.1, -0.05) is 56.3 Å². The molecule has 0 bridgehead atoms. The zero-order chi connectivity index (χ0) is 14.4. The molecule has 2 aromatic rings. The summed E-state index contributed by atoms with van der Waals surface area (Å²) in [6.45, 7) is 5.56. The molecule has 0 aromatic heterocycles. The first-order chi connectivity index (χ1) is 9.66. The summed E-state index contributed by atoms with van der Waals surface area (Å²) in [6, 6.07) is 14.9. The third-order valence-corrected chi connectivity index (χ3v) is 3.21. The molecule has 0 heterocycles. The summed E-state index contributed by atoms with van der Waals surface area (Å²) in [5.74, 6) is 0. The SMILES string of the molecule is CC(C)NCC(O)COCc1cccc2ccccc12. The average Bonchev–Trinajstić information content (AvgIpc) is 2.45. The molecule has 0 saturated heterocycles. The van der Waals surface area contributed by atoms with Gasteiger partial charge in [0.25, 0.3) is 0 Å². The van der Waals surface area contributed by atoms with Gasteiger partial charge in [0.1, 0.15) is 0 Å². The number of fused-ring (bicyclic) bond motifs is 1. The van der Waals surface area contributed by atoms with Gasteiger partial charge in [-0.3, -0.25) is 0 Å². The molecule has 2 aromatic carbocycles. The first kappa shape index (κ1) is 15.0. The molecule has 1 unspecified atom stereocenters. The highest BCUT2D eigenvalue weighted by Gasteiger charge is 2.06. The summed E-state index contributed by atoms with van der Waals surface area (Å²) in [6.07, 6.45) is -0.465. The van der Waals surface area contributed by atoms with Crippen molar-refractivity contribution in [1.29, 1.82) is 0 Å². The second-order valence-corrected chi connectivity index (χ2v) is 5.37. The molecule has 2 N–H and O–H groups in total. The highest BCUT2D eigenvalue weighted by Crippen LogP contribution is 2.19. The van der Waals surface area contributed by atoms with E-state index < -0.39 is 6.10 Å². The summed E-state index contributed by atoms with van der Waals surface area (Å²) in [7, 11) is 0. The molecule has 0 radical (unpaired) electrons. The molecular weight excluding hydrogens is 250 g/mol. The van der Waals surface area contributed by atoms with E-state index in [4.69, 9.17) is 4.74 Å². The van der Waals surface area contributed by atoms with E-state index in [2.05, 4.69) is 43.4 Å². The number of hydrogen-bond donors (Lipinski definition) is 2. The predicted octanol–water partition coefficient (Wildman–Crippen LogP) is 2.72. The van der Waals surface area contributed by atoms with Gasteiger partial charge in [-0.05, 0) is 16.3 Å². The standard InChI is InChI=1S/C17H23NO2/c1-13(2)18-10-16(19)12-20-11-15-8-5-7-14-6-3-4-9-17(14)15/h3-9,13,16,18-19H,10-12H2,1-2H3. The van der Waals surface area contributed by atoms with Crippen LogP contribution in [0.3, 0.4) is 0 Å². The van der Waals surface area contributed by atoms with Crippen LogP contribution in [0.4, 0.5) is 0 Å². The van der Waals surface area contributed by atoms with Crippen LogP contribution in [0.1, 0.15) is 19.4 Å². The normalized spacial score (nSPS) is 13.0. The van der Waals surface area contributed by atoms with E-state index >= 15 is 0 Å². The van der Waals surface area contributed by atoms with Crippen molar-refractivity contribution in [2.75, 3.05) is 13.2 Å². The predicted molar refractivity (Wildman–Crippen MR) is 82.7 cm³/mol. The maximum Gasteiger partial charge on any atom is 0.0897 e. The van der Waals surface area contributed by atoms with E-state index in [1.165, 1.54) is 10.8 Å². The van der Waals surface area contributed by atoms with Crippen LogP contribution in [0.2, 0.25) is 0 Å². The van der Waals surface area contributed by atoms with E-state index in [-0.39, 0.29) is 0 Å². The maximum absolute atomic E-state index is 9.80. The van der Waals surface area contributed by atoms with Crippen LogP contribution in [-0.4, -0.2) is 30.4 Å². The molecule has 0 amide bonds. The van der Waals surface area contributed by atoms with Crippen molar-refractivity contribution in [3.63, 3.8) is 0 Å². The quantitative estimate of drug-likeness (QED) is 0.815. The average molecular weight is 273 g/mol. The Labute approximate surface area is 120 Å². The van der Waals surface area contributed by atoms with Gasteiger partial charge in [0, 0.05) is 12.6 Å². The minimum atomic E-state index is -0.465. The number of benzene rings is 2. The molecule has 0 aliphatic heterocycles. The van der Waals surface area contributed by atoms with E-state index in [9.17, 15) is 5.11 Å². The lowest BCUT2D eigenvalue weighted by atomic mass is 10.1. The van der Waals surface area contributed by atoms with Crippen molar-refractivity contribution >= 4 is 10.8 Å². The molecule has 1 atom stereocenters. The number of aliphatic hydroxyl groups is 1. The fraction of sp³-hybridized carbons (Fsp3) is 0.412. The molecule has 20 heavy (non-hydrogen) atoms. The third-order valence-electron chi connectivity index (χ3n) is 3.21. The van der Waals surface area contributed by atoms with Crippen LogP contribution >= 0.6 is 0 Å². The van der Waals surface area contributed by atoms with Crippen molar-refractivity contribution < 1.29 is 9.84 Å². The van der Waals surface area contributed by atoms with Crippen LogP contribution in [0.25, 0.3) is 10.8 Å². The second-order valence-electron chi connectivity index (χ2n) is 5.37. The van der Waals surface area contributed by atoms with Gasteiger partial charge in [0.2, 0.25) is 0 Å². The van der Waals surface area contributed by atoms with Crippen molar-refractivity contribution in [3.05, 3.63) is 48.0 Å². The summed E-state index contributed by atoms with van der Waals surface area (Å²) >= 11 is 0. The lowest BCUT2D eigenvalue weighted by molar-refractivity contribution is 0.0284. The Morgan fingerprint density at radius 1 is 1.10 bits per heavy atom. The zero-order valence-corrected chi connectivity index (χ0v) is 12.2. The fourth-order valence-electron chi connectivity index (χ4n) is 2.15. The molecule has 3 heteroatoms. The highest BCUT2D eigenvalue weighted by molar-refractivity contribution is 5.85. The van der Waals surface area contributed by atoms with Crippen molar-refractivity contribution in [1.82, 2.24) is 5.32 Å². The Kier molecular flexibility index (Phi) is 5.53. The minimum absolute atomic E-state index is 0.350. The van der Waals surface area contributed by atoms with E-state index in [0.717, 1.165) is 5.56 Å². The number of hydrogen-bond acceptors (Lipinski definition) is 3.